The highest BCUT2D eigenvalue weighted by Gasteiger charge is 2.33. The van der Waals surface area contributed by atoms with E-state index in [0.717, 1.165) is 45.6 Å². The summed E-state index contributed by atoms with van der Waals surface area (Å²) in [6.07, 6.45) is 2.14. The summed E-state index contributed by atoms with van der Waals surface area (Å²) in [4.78, 5) is 22.7. The van der Waals surface area contributed by atoms with Crippen LogP contribution >= 0.6 is 22.7 Å². The summed E-state index contributed by atoms with van der Waals surface area (Å²) in [6.45, 7) is 5.58. The summed E-state index contributed by atoms with van der Waals surface area (Å²) in [5, 5.41) is 4.28. The quantitative estimate of drug-likeness (QED) is 0.825. The van der Waals surface area contributed by atoms with Crippen molar-refractivity contribution in [2.45, 2.75) is 18.9 Å². The molecule has 0 unspecified atom stereocenters. The molecule has 6 heteroatoms. The minimum Gasteiger partial charge on any atom is -0.329 e. The molecule has 4 nitrogen and oxygen atoms in total. The Bertz CT molecular complexity index is 712. The van der Waals surface area contributed by atoms with Crippen LogP contribution < -0.4 is 0 Å². The first-order valence-electron chi connectivity index (χ1n) is 9.02. The van der Waals surface area contributed by atoms with Gasteiger partial charge in [-0.05, 0) is 61.4 Å². The number of thiophene rings is 2. The van der Waals surface area contributed by atoms with Crippen molar-refractivity contribution in [1.82, 2.24) is 14.7 Å². The van der Waals surface area contributed by atoms with Gasteiger partial charge in [0.05, 0.1) is 12.6 Å². The van der Waals surface area contributed by atoms with E-state index in [1.807, 2.05) is 11.3 Å². The number of fused-ring (bicyclic) bond motifs is 1. The normalized spacial score (nSPS) is 22.6. The maximum Gasteiger partial charge on any atom is 0.237 e. The summed E-state index contributed by atoms with van der Waals surface area (Å²) >= 11 is 3.59. The van der Waals surface area contributed by atoms with E-state index >= 15 is 0 Å². The highest BCUT2D eigenvalue weighted by Crippen LogP contribution is 2.39. The molecule has 25 heavy (non-hydrogen) atoms. The number of likely N-dealkylation sites (N-methyl/N-ethyl adjacent to an activating group) is 1. The van der Waals surface area contributed by atoms with Gasteiger partial charge in [-0.25, -0.2) is 0 Å². The Kier molecular flexibility index (Phi) is 5.22. The predicted molar refractivity (Wildman–Crippen MR) is 104 cm³/mol. The summed E-state index contributed by atoms with van der Waals surface area (Å²) in [5.41, 5.74) is 1.34. The number of hydrogen-bond donors (Lipinski definition) is 0. The minimum absolute atomic E-state index is 0.108. The second kappa shape index (κ2) is 7.58. The van der Waals surface area contributed by atoms with Crippen LogP contribution in [-0.4, -0.2) is 66.9 Å². The topological polar surface area (TPSA) is 26.8 Å². The third-order valence-electron chi connectivity index (χ3n) is 5.27. The van der Waals surface area contributed by atoms with E-state index in [4.69, 9.17) is 0 Å². The number of carbonyl (C=O) groups is 1. The maximum atomic E-state index is 13.2. The molecule has 0 bridgehead atoms. The van der Waals surface area contributed by atoms with Gasteiger partial charge < -0.3 is 9.80 Å². The Morgan fingerprint density at radius 3 is 2.88 bits per heavy atom. The van der Waals surface area contributed by atoms with Crippen LogP contribution in [0.15, 0.2) is 29.0 Å². The summed E-state index contributed by atoms with van der Waals surface area (Å²) in [7, 11) is 2.17. The Morgan fingerprint density at radius 2 is 2.04 bits per heavy atom. The summed E-state index contributed by atoms with van der Waals surface area (Å²) < 4.78 is 0. The van der Waals surface area contributed by atoms with Crippen LogP contribution in [0.1, 0.15) is 27.8 Å². The van der Waals surface area contributed by atoms with Crippen LogP contribution in [0, 0.1) is 0 Å². The first kappa shape index (κ1) is 17.2. The van der Waals surface area contributed by atoms with Crippen LogP contribution in [0.4, 0.5) is 0 Å². The lowest BCUT2D eigenvalue weighted by molar-refractivity contribution is -0.134. The monoisotopic (exact) mass is 375 g/mol. The molecule has 0 radical (unpaired) electrons. The lowest BCUT2D eigenvalue weighted by Crippen LogP contribution is -2.45. The van der Waals surface area contributed by atoms with Crippen molar-refractivity contribution in [1.29, 1.82) is 0 Å². The molecule has 2 aromatic heterocycles. The predicted octanol–water partition coefficient (Wildman–Crippen LogP) is 2.92. The van der Waals surface area contributed by atoms with Crippen LogP contribution in [0.3, 0.4) is 0 Å². The Labute approximate surface area is 157 Å². The molecule has 4 heterocycles. The van der Waals surface area contributed by atoms with E-state index < -0.39 is 0 Å². The molecule has 0 spiro atoms. The van der Waals surface area contributed by atoms with Gasteiger partial charge in [-0.3, -0.25) is 9.69 Å². The molecule has 2 aliphatic rings. The van der Waals surface area contributed by atoms with Gasteiger partial charge in [0.1, 0.15) is 0 Å². The van der Waals surface area contributed by atoms with E-state index in [1.54, 1.807) is 11.3 Å². The zero-order valence-electron chi connectivity index (χ0n) is 14.7. The lowest BCUT2D eigenvalue weighted by atomic mass is 9.98. The van der Waals surface area contributed by atoms with Crippen LogP contribution in [0.25, 0.3) is 0 Å². The number of rotatable bonds is 3. The van der Waals surface area contributed by atoms with Crippen molar-refractivity contribution < 1.29 is 4.79 Å². The Hall–Kier alpha value is -1.21. The molecule has 0 aromatic carbocycles. The molecular weight excluding hydrogens is 350 g/mol. The number of nitrogens with zero attached hydrogens (tertiary/aromatic N) is 3. The van der Waals surface area contributed by atoms with Gasteiger partial charge in [0, 0.05) is 29.4 Å². The molecule has 1 amide bonds. The van der Waals surface area contributed by atoms with Crippen LogP contribution in [-0.2, 0) is 11.2 Å². The van der Waals surface area contributed by atoms with E-state index in [-0.39, 0.29) is 11.9 Å². The molecule has 0 N–H and O–H groups in total. The van der Waals surface area contributed by atoms with Gasteiger partial charge in [0.2, 0.25) is 5.91 Å². The fourth-order valence-corrected chi connectivity index (χ4v) is 5.64. The molecule has 1 saturated heterocycles. The first-order valence-corrected chi connectivity index (χ1v) is 10.8. The number of hydrogen-bond acceptors (Lipinski definition) is 5. The van der Waals surface area contributed by atoms with E-state index in [9.17, 15) is 4.79 Å². The fraction of sp³-hybridized carbons (Fsp3) is 0.526. The number of carbonyl (C=O) groups excluding carboxylic acids is 1. The summed E-state index contributed by atoms with van der Waals surface area (Å²) in [5.74, 6) is 0.278. The highest BCUT2D eigenvalue weighted by molar-refractivity contribution is 7.10. The van der Waals surface area contributed by atoms with Gasteiger partial charge in [0.15, 0.2) is 0 Å². The standard InChI is InChI=1S/C19H25N3OS2/c1-20-7-3-8-21(11-10-20)14-18(23)22-9-5-16-15(6-13-25-16)19(22)17-4-2-12-24-17/h2,4,6,12-13,19H,3,5,7-11,14H2,1H3/t19-/m0/s1. The molecule has 2 aromatic rings. The van der Waals surface area contributed by atoms with Crippen molar-refractivity contribution >= 4 is 28.6 Å². The van der Waals surface area contributed by atoms with Gasteiger partial charge in [-0.1, -0.05) is 6.07 Å². The van der Waals surface area contributed by atoms with E-state index in [0.29, 0.717) is 6.54 Å². The summed E-state index contributed by atoms with van der Waals surface area (Å²) in [6, 6.07) is 6.58. The Balaban J connectivity index is 1.53. The molecule has 4 rings (SSSR count). The molecule has 0 aliphatic carbocycles. The molecule has 1 fully saturated rings. The van der Waals surface area contributed by atoms with Crippen molar-refractivity contribution in [2.75, 3.05) is 46.3 Å². The van der Waals surface area contributed by atoms with Crippen molar-refractivity contribution in [2.24, 2.45) is 0 Å². The first-order chi connectivity index (χ1) is 12.2. The van der Waals surface area contributed by atoms with E-state index in [2.05, 4.69) is 50.7 Å². The van der Waals surface area contributed by atoms with Crippen molar-refractivity contribution in [3.05, 3.63) is 44.3 Å². The lowest BCUT2D eigenvalue weighted by Gasteiger charge is -2.36. The minimum atomic E-state index is 0.108. The molecular formula is C19H25N3OS2. The average molecular weight is 376 g/mol. The molecule has 134 valence electrons. The van der Waals surface area contributed by atoms with Gasteiger partial charge in [0.25, 0.3) is 0 Å². The van der Waals surface area contributed by atoms with Gasteiger partial charge in [-0.15, -0.1) is 22.7 Å². The SMILES string of the molecule is CN1CCCN(CC(=O)N2CCc3sccc3[C@H]2c2cccs2)CC1. The second-order valence-corrected chi connectivity index (χ2v) is 8.97. The molecule has 1 atom stereocenters. The fourth-order valence-electron chi connectivity index (χ4n) is 3.88. The zero-order valence-corrected chi connectivity index (χ0v) is 16.3. The van der Waals surface area contributed by atoms with Crippen LogP contribution in [0.5, 0.6) is 0 Å². The van der Waals surface area contributed by atoms with Gasteiger partial charge in [-0.2, -0.15) is 0 Å². The number of amides is 1. The van der Waals surface area contributed by atoms with Crippen molar-refractivity contribution in [3.63, 3.8) is 0 Å². The van der Waals surface area contributed by atoms with Crippen molar-refractivity contribution in [3.8, 4) is 0 Å². The maximum absolute atomic E-state index is 13.2. The largest absolute Gasteiger partial charge is 0.329 e. The highest BCUT2D eigenvalue weighted by atomic mass is 32.1. The smallest absolute Gasteiger partial charge is 0.237 e. The second-order valence-electron chi connectivity index (χ2n) is 6.99. The Morgan fingerprint density at radius 1 is 1.12 bits per heavy atom. The van der Waals surface area contributed by atoms with E-state index in [1.165, 1.54) is 15.3 Å². The van der Waals surface area contributed by atoms with Crippen LogP contribution in [0.2, 0.25) is 0 Å². The third-order valence-corrected chi connectivity index (χ3v) is 7.19. The average Bonchev–Trinajstić information content (AvgIpc) is 3.26. The molecule has 0 saturated carbocycles. The third kappa shape index (κ3) is 3.67. The van der Waals surface area contributed by atoms with Gasteiger partial charge >= 0.3 is 0 Å². The zero-order chi connectivity index (χ0) is 17.2. The molecule has 2 aliphatic heterocycles.